The van der Waals surface area contributed by atoms with Gasteiger partial charge >= 0.3 is 0 Å². The van der Waals surface area contributed by atoms with Crippen LogP contribution in [0.1, 0.15) is 179 Å². The lowest BCUT2D eigenvalue weighted by atomic mass is 9.67. The molecule has 0 aromatic heterocycles. The zero-order chi connectivity index (χ0) is 82.0. The third kappa shape index (κ3) is 15.3. The summed E-state index contributed by atoms with van der Waals surface area (Å²) in [5, 5.41) is 7.90. The standard InChI is InChI=1S/C43H48O2.C39H40O4.C31H24/c1-5-7-9-13-27-44-35-22-18-33(19-23-35)43(34-20-24-36(25-21-34)45-28-14-10-8-6-2)40-29-31(3)17-26-39(40)42-38-16-12-11-15-37(38)32(4)30-41(42)43;1-5-40-21-23-42-31-16-12-29(13-17-31)39(30-14-18-32(19-15-30)43-24-22-41-6-2)36-25-27(3)11-20-35(36)38-34-10-8-7-9-33(34)28(4)26-37(38)39;1-21-17-18-27-28(19-21)31(23-11-5-3-6-12-23,24-13-7-4-8-14-24)29-20-22(2)25-15-9-10-16-26(25)30(27)29/h11-12,15-26,29-30H,5-10,13-14,27-28H2,1-4H3;7-20,25-26H,5-6,21-24H2,1-4H3;3-20H,1-2H3. The summed E-state index contributed by atoms with van der Waals surface area (Å²) >= 11 is 0. The highest BCUT2D eigenvalue weighted by Gasteiger charge is 2.50. The van der Waals surface area contributed by atoms with E-state index in [0.29, 0.717) is 39.6 Å². The number of rotatable bonds is 28. The monoisotopic (exact) mass is 1560 g/mol. The highest BCUT2D eigenvalue weighted by Crippen LogP contribution is 2.62. The fourth-order valence-corrected chi connectivity index (χ4v) is 19.5. The number of hydrogen-bond donors (Lipinski definition) is 0. The Labute approximate surface area is 705 Å². The van der Waals surface area contributed by atoms with E-state index in [1.54, 1.807) is 0 Å². The Bertz CT molecular complexity index is 5890. The average Bonchev–Trinajstić information content (AvgIpc) is 1.54. The lowest BCUT2D eigenvalue weighted by molar-refractivity contribution is 0.110. The second kappa shape index (κ2) is 36.2. The molecule has 0 unspecified atom stereocenters. The Morgan fingerprint density at radius 3 is 0.756 bits per heavy atom. The van der Waals surface area contributed by atoms with Crippen molar-refractivity contribution in [2.24, 2.45) is 0 Å². The molecule has 0 saturated carbocycles. The maximum atomic E-state index is 6.20. The van der Waals surface area contributed by atoms with Gasteiger partial charge in [0.1, 0.15) is 36.2 Å². The first-order valence-electron chi connectivity index (χ1n) is 43.5. The summed E-state index contributed by atoms with van der Waals surface area (Å²) in [6.07, 6.45) is 9.63. The van der Waals surface area contributed by atoms with Crippen LogP contribution in [0.4, 0.5) is 0 Å². The SMILES string of the molecule is CCCCCCOc1ccc(C2(c3ccc(OCCCCCC)cc3)c3cc(C)ccc3-c3c2cc(C)c2ccccc32)cc1.CCOCCOc1ccc(C2(c3ccc(OCCOCC)cc3)c3cc(C)ccc3-c3c2cc(C)c2ccccc32)cc1.Cc1ccc2c(c1)C(c1ccccc1)(c1ccccc1)c1cc(C)c3ccccc3c1-2. The molecule has 3 aliphatic carbocycles. The average molecular weight is 1570 g/mol. The van der Waals surface area contributed by atoms with E-state index in [4.69, 9.17) is 28.4 Å². The molecular formula is C113H112O6. The normalized spacial score (nSPS) is 13.3. The number of fused-ring (bicyclic) bond motifs is 15. The highest BCUT2D eigenvalue weighted by molar-refractivity contribution is 6.08. The summed E-state index contributed by atoms with van der Waals surface area (Å²) in [6.45, 7) is 26.9. The van der Waals surface area contributed by atoms with Crippen molar-refractivity contribution in [3.05, 3.63) is 403 Å². The topological polar surface area (TPSA) is 55.4 Å². The fourth-order valence-electron chi connectivity index (χ4n) is 19.5. The van der Waals surface area contributed by atoms with Crippen molar-refractivity contribution in [3.63, 3.8) is 0 Å². The first-order valence-corrected chi connectivity index (χ1v) is 43.5. The Balaban J connectivity index is 0.000000135. The Morgan fingerprint density at radius 1 is 0.218 bits per heavy atom. The van der Waals surface area contributed by atoms with Crippen molar-refractivity contribution in [2.75, 3.05) is 52.9 Å². The van der Waals surface area contributed by atoms with E-state index >= 15 is 0 Å². The Kier molecular flexibility index (Phi) is 24.6. The summed E-state index contributed by atoms with van der Waals surface area (Å²) in [5.74, 6) is 3.56. The molecule has 0 bridgehead atoms. The van der Waals surface area contributed by atoms with E-state index in [1.165, 1.54) is 204 Å². The van der Waals surface area contributed by atoms with Crippen LogP contribution in [0.5, 0.6) is 23.0 Å². The Morgan fingerprint density at radius 2 is 0.479 bits per heavy atom. The first-order chi connectivity index (χ1) is 58.4. The van der Waals surface area contributed by atoms with Gasteiger partial charge in [0.2, 0.25) is 0 Å². The molecule has 0 amide bonds. The van der Waals surface area contributed by atoms with Crippen LogP contribution in [0.3, 0.4) is 0 Å². The molecule has 0 N–H and O–H groups in total. The van der Waals surface area contributed by atoms with Crippen LogP contribution < -0.4 is 18.9 Å². The zero-order valence-corrected chi connectivity index (χ0v) is 71.1. The van der Waals surface area contributed by atoms with Crippen LogP contribution in [0.25, 0.3) is 65.7 Å². The molecule has 600 valence electrons. The van der Waals surface area contributed by atoms with Gasteiger partial charge in [-0.15, -0.1) is 0 Å². The van der Waals surface area contributed by atoms with E-state index in [1.807, 2.05) is 13.8 Å². The molecular weight excluding hydrogens is 1450 g/mol. The van der Waals surface area contributed by atoms with Gasteiger partial charge in [0.15, 0.2) is 0 Å². The zero-order valence-electron chi connectivity index (χ0n) is 71.1. The number of benzene rings is 15. The molecule has 0 radical (unpaired) electrons. The van der Waals surface area contributed by atoms with E-state index in [9.17, 15) is 0 Å². The van der Waals surface area contributed by atoms with Gasteiger partial charge in [0.05, 0.1) is 42.7 Å². The van der Waals surface area contributed by atoms with Crippen molar-refractivity contribution in [1.82, 2.24) is 0 Å². The van der Waals surface area contributed by atoms with Gasteiger partial charge in [-0.1, -0.05) is 324 Å². The predicted molar refractivity (Wildman–Crippen MR) is 495 cm³/mol. The van der Waals surface area contributed by atoms with E-state index in [2.05, 4.69) is 359 Å². The first kappa shape index (κ1) is 81.0. The minimum atomic E-state index is -0.515. The van der Waals surface area contributed by atoms with Gasteiger partial charge in [-0.25, -0.2) is 0 Å². The molecule has 0 heterocycles. The predicted octanol–water partition coefficient (Wildman–Crippen LogP) is 28.2. The van der Waals surface area contributed by atoms with Crippen molar-refractivity contribution >= 4 is 32.3 Å². The third-order valence-electron chi connectivity index (χ3n) is 25.0. The summed E-state index contributed by atoms with van der Waals surface area (Å²) in [4.78, 5) is 0. The molecule has 18 rings (SSSR count). The smallest absolute Gasteiger partial charge is 0.119 e. The lowest BCUT2D eigenvalue weighted by Gasteiger charge is -2.34. The van der Waals surface area contributed by atoms with Crippen LogP contribution in [0.15, 0.2) is 303 Å². The summed E-state index contributed by atoms with van der Waals surface area (Å²) in [5.41, 5.74) is 30.0. The van der Waals surface area contributed by atoms with Gasteiger partial charge in [0, 0.05) is 13.2 Å². The van der Waals surface area contributed by atoms with Gasteiger partial charge < -0.3 is 28.4 Å². The van der Waals surface area contributed by atoms with Gasteiger partial charge in [0.25, 0.3) is 0 Å². The van der Waals surface area contributed by atoms with E-state index in [-0.39, 0.29) is 5.41 Å². The summed E-state index contributed by atoms with van der Waals surface area (Å²) in [7, 11) is 0. The molecule has 15 aromatic rings. The van der Waals surface area contributed by atoms with Crippen molar-refractivity contribution in [2.45, 2.75) is 137 Å². The maximum absolute atomic E-state index is 6.20. The second-order valence-corrected chi connectivity index (χ2v) is 32.6. The molecule has 0 spiro atoms. The molecule has 6 nitrogen and oxygen atoms in total. The van der Waals surface area contributed by atoms with E-state index in [0.717, 1.165) is 49.1 Å². The minimum absolute atomic E-state index is 0.325. The molecule has 6 heteroatoms. The maximum Gasteiger partial charge on any atom is 0.119 e. The van der Waals surface area contributed by atoms with Crippen molar-refractivity contribution in [3.8, 4) is 56.4 Å². The molecule has 0 aliphatic heterocycles. The summed E-state index contributed by atoms with van der Waals surface area (Å²) in [6, 6.07) is 112. The summed E-state index contributed by atoms with van der Waals surface area (Å²) < 4.78 is 35.4. The number of aryl methyl sites for hydroxylation is 6. The van der Waals surface area contributed by atoms with Gasteiger partial charge in [-0.3, -0.25) is 0 Å². The lowest BCUT2D eigenvalue weighted by Crippen LogP contribution is -2.28. The third-order valence-corrected chi connectivity index (χ3v) is 25.0. The van der Waals surface area contributed by atoms with Crippen molar-refractivity contribution < 1.29 is 28.4 Å². The number of ether oxygens (including phenoxy) is 6. The molecule has 0 saturated heterocycles. The molecule has 119 heavy (non-hydrogen) atoms. The molecule has 0 fully saturated rings. The van der Waals surface area contributed by atoms with Crippen LogP contribution in [0.2, 0.25) is 0 Å². The van der Waals surface area contributed by atoms with Crippen LogP contribution in [-0.4, -0.2) is 52.9 Å². The van der Waals surface area contributed by atoms with E-state index < -0.39 is 10.8 Å². The van der Waals surface area contributed by atoms with Gasteiger partial charge in [-0.05, 0) is 266 Å². The largest absolute Gasteiger partial charge is 0.494 e. The van der Waals surface area contributed by atoms with Crippen LogP contribution in [-0.2, 0) is 25.7 Å². The van der Waals surface area contributed by atoms with Crippen LogP contribution in [0, 0.1) is 41.5 Å². The fraction of sp³-hybridized carbons (Fsp3) is 0.257. The van der Waals surface area contributed by atoms with Crippen molar-refractivity contribution in [1.29, 1.82) is 0 Å². The van der Waals surface area contributed by atoms with Gasteiger partial charge in [-0.2, -0.15) is 0 Å². The molecule has 3 aliphatic rings. The quantitative estimate of drug-likeness (QED) is 0.0456. The second-order valence-electron chi connectivity index (χ2n) is 32.6. The molecule has 0 atom stereocenters. The van der Waals surface area contributed by atoms with Crippen LogP contribution >= 0.6 is 0 Å². The Hall–Kier alpha value is -11.8. The number of hydrogen-bond acceptors (Lipinski definition) is 6. The minimum Gasteiger partial charge on any atom is -0.494 e. The molecule has 15 aromatic carbocycles. The number of unbranched alkanes of at least 4 members (excludes halogenated alkanes) is 6. The highest BCUT2D eigenvalue weighted by atomic mass is 16.5.